The maximum Gasteiger partial charge on any atom is -0.0154 e. The van der Waals surface area contributed by atoms with E-state index in [1.807, 2.05) is 24.3 Å². The van der Waals surface area contributed by atoms with Crippen molar-refractivity contribution in [3.63, 3.8) is 0 Å². The minimum atomic E-state index is 1.07. The second-order valence-electron chi connectivity index (χ2n) is 3.91. The molecule has 0 heterocycles. The van der Waals surface area contributed by atoms with E-state index in [2.05, 4.69) is 56.0 Å². The Morgan fingerprint density at radius 1 is 0.824 bits per heavy atom. The van der Waals surface area contributed by atoms with E-state index in [4.69, 9.17) is 0 Å². The summed E-state index contributed by atoms with van der Waals surface area (Å²) in [5.74, 6) is 0. The van der Waals surface area contributed by atoms with Crippen molar-refractivity contribution in [1.82, 2.24) is 0 Å². The molecule has 0 amide bonds. The molecule has 0 bridgehead atoms. The van der Waals surface area contributed by atoms with E-state index in [0.717, 1.165) is 5.57 Å². The third-order valence-corrected chi connectivity index (χ3v) is 2.82. The van der Waals surface area contributed by atoms with Crippen molar-refractivity contribution in [2.24, 2.45) is 0 Å². The summed E-state index contributed by atoms with van der Waals surface area (Å²) >= 11 is 0. The molecule has 2 rings (SSSR count). The van der Waals surface area contributed by atoms with Gasteiger partial charge in [-0.1, -0.05) is 73.3 Å². The first-order valence-electron chi connectivity index (χ1n) is 5.79. The van der Waals surface area contributed by atoms with Gasteiger partial charge in [-0.2, -0.15) is 0 Å². The van der Waals surface area contributed by atoms with Crippen LogP contribution in [0.2, 0.25) is 0 Å². The van der Waals surface area contributed by atoms with Crippen molar-refractivity contribution >= 4 is 11.1 Å². The summed E-state index contributed by atoms with van der Waals surface area (Å²) in [5, 5.41) is 0. The van der Waals surface area contributed by atoms with Crippen LogP contribution < -0.4 is 0 Å². The summed E-state index contributed by atoms with van der Waals surface area (Å²) in [6, 6.07) is 20.7. The molecule has 0 aromatic heterocycles. The molecule has 0 saturated heterocycles. The molecule has 2 aromatic carbocycles. The lowest BCUT2D eigenvalue weighted by atomic mass is 9.94. The number of benzene rings is 2. The zero-order valence-electron chi connectivity index (χ0n) is 10.1. The highest BCUT2D eigenvalue weighted by molar-refractivity contribution is 6.03. The van der Waals surface area contributed by atoms with Gasteiger partial charge in [-0.3, -0.25) is 0 Å². The van der Waals surface area contributed by atoms with Crippen LogP contribution in [0.3, 0.4) is 0 Å². The molecule has 0 aliphatic rings. The molecule has 0 spiro atoms. The summed E-state index contributed by atoms with van der Waals surface area (Å²) in [4.78, 5) is 0. The first-order valence-corrected chi connectivity index (χ1v) is 5.79. The largest absolute Gasteiger partial charge is 0.0905 e. The normalized spacial score (nSPS) is 11.2. The summed E-state index contributed by atoms with van der Waals surface area (Å²) < 4.78 is 0. The Balaban J connectivity index is 2.37. The van der Waals surface area contributed by atoms with E-state index in [1.165, 1.54) is 16.7 Å². The lowest BCUT2D eigenvalue weighted by Gasteiger charge is -2.11. The summed E-state index contributed by atoms with van der Waals surface area (Å²) in [6.07, 6.45) is 2.12. The van der Waals surface area contributed by atoms with Crippen LogP contribution in [0.1, 0.15) is 18.1 Å². The lowest BCUT2D eigenvalue weighted by Crippen LogP contribution is -1.88. The lowest BCUT2D eigenvalue weighted by molar-refractivity contribution is 1.57. The average Bonchev–Trinajstić information content (AvgIpc) is 2.42. The van der Waals surface area contributed by atoms with Crippen LogP contribution in [0.15, 0.2) is 73.3 Å². The van der Waals surface area contributed by atoms with Crippen molar-refractivity contribution in [3.05, 3.63) is 84.4 Å². The molecule has 0 nitrogen and oxygen atoms in total. The number of allylic oxidation sites excluding steroid dienone is 3. The predicted molar refractivity (Wildman–Crippen MR) is 75.6 cm³/mol. The average molecular weight is 220 g/mol. The maximum absolute atomic E-state index is 4.20. The molecule has 0 heteroatoms. The van der Waals surface area contributed by atoms with Crippen LogP contribution in [-0.4, -0.2) is 0 Å². The number of hydrogen-bond donors (Lipinski definition) is 0. The van der Waals surface area contributed by atoms with Gasteiger partial charge in [-0.15, -0.1) is 0 Å². The minimum Gasteiger partial charge on any atom is -0.0905 e. The van der Waals surface area contributed by atoms with E-state index in [-0.39, 0.29) is 0 Å². The zero-order valence-corrected chi connectivity index (χ0v) is 10.1. The summed E-state index contributed by atoms with van der Waals surface area (Å²) in [7, 11) is 0. The zero-order chi connectivity index (χ0) is 12.1. The number of rotatable bonds is 3. The molecule has 84 valence electrons. The fraction of sp³-hybridized carbons (Fsp3) is 0.0588. The molecule has 0 fully saturated rings. The summed E-state index contributed by atoms with van der Waals surface area (Å²) in [5.41, 5.74) is 4.64. The predicted octanol–water partition coefficient (Wildman–Crippen LogP) is 4.80. The van der Waals surface area contributed by atoms with Gasteiger partial charge in [0, 0.05) is 0 Å². The Morgan fingerprint density at radius 2 is 1.29 bits per heavy atom. The molecular formula is C17H16. The minimum absolute atomic E-state index is 1.07. The van der Waals surface area contributed by atoms with E-state index >= 15 is 0 Å². The van der Waals surface area contributed by atoms with Crippen molar-refractivity contribution in [3.8, 4) is 0 Å². The molecule has 0 radical (unpaired) electrons. The van der Waals surface area contributed by atoms with Gasteiger partial charge in [0.25, 0.3) is 0 Å². The van der Waals surface area contributed by atoms with Gasteiger partial charge in [-0.25, -0.2) is 0 Å². The van der Waals surface area contributed by atoms with Gasteiger partial charge in [0.2, 0.25) is 0 Å². The van der Waals surface area contributed by atoms with Crippen LogP contribution >= 0.6 is 0 Å². The third kappa shape index (κ3) is 2.54. The third-order valence-electron chi connectivity index (χ3n) is 2.82. The second-order valence-corrected chi connectivity index (χ2v) is 3.91. The summed E-state index contributed by atoms with van der Waals surface area (Å²) in [6.45, 7) is 6.26. The molecule has 0 atom stereocenters. The van der Waals surface area contributed by atoms with Crippen LogP contribution in [0.25, 0.3) is 11.1 Å². The molecule has 0 aliphatic carbocycles. The van der Waals surface area contributed by atoms with Gasteiger partial charge < -0.3 is 0 Å². The van der Waals surface area contributed by atoms with Crippen LogP contribution in [0.4, 0.5) is 0 Å². The van der Waals surface area contributed by atoms with E-state index in [9.17, 15) is 0 Å². The van der Waals surface area contributed by atoms with Crippen LogP contribution in [-0.2, 0) is 0 Å². The van der Waals surface area contributed by atoms with Crippen LogP contribution in [0.5, 0.6) is 0 Å². The van der Waals surface area contributed by atoms with Gasteiger partial charge in [0.1, 0.15) is 0 Å². The first-order chi connectivity index (χ1) is 8.33. The molecule has 0 saturated carbocycles. The number of hydrogen-bond acceptors (Lipinski definition) is 0. The molecule has 17 heavy (non-hydrogen) atoms. The Morgan fingerprint density at radius 3 is 1.76 bits per heavy atom. The molecule has 0 unspecified atom stereocenters. The first kappa shape index (κ1) is 11.4. The monoisotopic (exact) mass is 220 g/mol. The highest BCUT2D eigenvalue weighted by Crippen LogP contribution is 2.29. The molecule has 0 aliphatic heterocycles. The van der Waals surface area contributed by atoms with E-state index in [1.54, 1.807) is 0 Å². The van der Waals surface area contributed by atoms with E-state index in [0.29, 0.717) is 0 Å². The topological polar surface area (TPSA) is 0 Å². The Hall–Kier alpha value is -2.08. The van der Waals surface area contributed by atoms with Crippen LogP contribution in [0, 0.1) is 0 Å². The maximum atomic E-state index is 4.20. The molecule has 2 aromatic rings. The van der Waals surface area contributed by atoms with Gasteiger partial charge in [-0.05, 0) is 29.2 Å². The SMILES string of the molecule is C=C(/C(=C\C)c1ccccc1)c1ccccc1. The van der Waals surface area contributed by atoms with Crippen molar-refractivity contribution in [2.45, 2.75) is 6.92 Å². The highest BCUT2D eigenvalue weighted by Gasteiger charge is 2.06. The fourth-order valence-corrected chi connectivity index (χ4v) is 1.93. The Kier molecular flexibility index (Phi) is 3.56. The highest BCUT2D eigenvalue weighted by atomic mass is 14.1. The van der Waals surface area contributed by atoms with E-state index < -0.39 is 0 Å². The fourth-order valence-electron chi connectivity index (χ4n) is 1.93. The second kappa shape index (κ2) is 5.31. The van der Waals surface area contributed by atoms with Gasteiger partial charge in [0.15, 0.2) is 0 Å². The van der Waals surface area contributed by atoms with Crippen molar-refractivity contribution in [2.75, 3.05) is 0 Å². The Bertz CT molecular complexity index is 518. The quantitative estimate of drug-likeness (QED) is 0.651. The van der Waals surface area contributed by atoms with Crippen molar-refractivity contribution in [1.29, 1.82) is 0 Å². The van der Waals surface area contributed by atoms with Gasteiger partial charge >= 0.3 is 0 Å². The van der Waals surface area contributed by atoms with Crippen molar-refractivity contribution < 1.29 is 0 Å². The van der Waals surface area contributed by atoms with Gasteiger partial charge in [0.05, 0.1) is 0 Å². The Labute approximate surface area is 103 Å². The standard InChI is InChI=1S/C17H16/c1-3-17(16-12-8-5-9-13-16)14(2)15-10-6-4-7-11-15/h3-13H,2H2,1H3/b17-3+. The molecule has 0 N–H and O–H groups in total. The smallest absolute Gasteiger partial charge is 0.0154 e. The molecular weight excluding hydrogens is 204 g/mol.